The van der Waals surface area contributed by atoms with E-state index in [0.717, 1.165) is 0 Å². The molecule has 9 heteroatoms. The van der Waals surface area contributed by atoms with Crippen LogP contribution in [0.4, 0.5) is 5.69 Å². The van der Waals surface area contributed by atoms with Crippen LogP contribution >= 0.6 is 11.6 Å². The molecule has 0 aliphatic rings. The molecule has 4 aromatic rings. The van der Waals surface area contributed by atoms with Crippen molar-refractivity contribution in [3.05, 3.63) is 62.2 Å². The summed E-state index contributed by atoms with van der Waals surface area (Å²) in [4.78, 5) is 39.7. The summed E-state index contributed by atoms with van der Waals surface area (Å²) >= 11 is 6.00. The summed E-state index contributed by atoms with van der Waals surface area (Å²) in [5.41, 5.74) is 6.71. The zero-order valence-electron chi connectivity index (χ0n) is 14.0. The van der Waals surface area contributed by atoms with Gasteiger partial charge >= 0.3 is 0 Å². The number of nitrogens with one attached hydrogen (secondary N) is 2. The topological polar surface area (TPSA) is 122 Å². The standard InChI is InChI=1S/C18H14ClN5O3/c19-10-2-3-11-13(8-10)22-16-15(23-27)12-7-9(17(25)21-6-5-20)1-4-14(12)24(16)18(11)26/h1-4,7-8,22H,5-6,20H2,(H,21,25). The minimum Gasteiger partial charge on any atom is -0.351 e. The molecule has 0 unspecified atom stereocenters. The average Bonchev–Trinajstić information content (AvgIpc) is 2.98. The predicted molar refractivity (Wildman–Crippen MR) is 105 cm³/mol. The second-order valence-corrected chi connectivity index (χ2v) is 6.46. The maximum atomic E-state index is 13.0. The number of benzene rings is 2. The molecule has 0 aliphatic heterocycles. The number of nitrogens with two attached hydrogens (primary N) is 1. The van der Waals surface area contributed by atoms with Crippen LogP contribution < -0.4 is 16.6 Å². The van der Waals surface area contributed by atoms with Gasteiger partial charge in [-0.3, -0.25) is 14.0 Å². The molecule has 27 heavy (non-hydrogen) atoms. The first-order valence-corrected chi connectivity index (χ1v) is 8.54. The highest BCUT2D eigenvalue weighted by molar-refractivity contribution is 6.31. The Balaban J connectivity index is 2.06. The molecule has 8 nitrogen and oxygen atoms in total. The fraction of sp³-hybridized carbons (Fsp3) is 0.111. The van der Waals surface area contributed by atoms with E-state index in [4.69, 9.17) is 17.3 Å². The lowest BCUT2D eigenvalue weighted by atomic mass is 10.1. The largest absolute Gasteiger partial charge is 0.351 e. The lowest BCUT2D eigenvalue weighted by molar-refractivity contribution is 0.0955. The Kier molecular flexibility index (Phi) is 4.14. The Hall–Kier alpha value is -3.23. The number of hydrogen-bond donors (Lipinski definition) is 3. The first-order chi connectivity index (χ1) is 13.0. The predicted octanol–water partition coefficient (Wildman–Crippen LogP) is 2.67. The molecule has 2 aromatic heterocycles. The molecule has 0 spiro atoms. The van der Waals surface area contributed by atoms with Crippen molar-refractivity contribution in [3.8, 4) is 0 Å². The van der Waals surface area contributed by atoms with E-state index in [1.165, 1.54) is 10.5 Å². The summed E-state index contributed by atoms with van der Waals surface area (Å²) in [5.74, 6) is -0.322. The zero-order chi connectivity index (χ0) is 19.1. The van der Waals surface area contributed by atoms with Crippen LogP contribution in [0.5, 0.6) is 0 Å². The number of H-pyrrole nitrogens is 1. The van der Waals surface area contributed by atoms with E-state index in [1.54, 1.807) is 30.3 Å². The molecule has 0 aliphatic carbocycles. The summed E-state index contributed by atoms with van der Waals surface area (Å²) < 4.78 is 1.38. The Labute approximate surface area is 156 Å². The summed E-state index contributed by atoms with van der Waals surface area (Å²) in [6.07, 6.45) is 0. The average molecular weight is 384 g/mol. The summed E-state index contributed by atoms with van der Waals surface area (Å²) in [5, 5.41) is 7.04. The fourth-order valence-corrected chi connectivity index (χ4v) is 3.35. The summed E-state index contributed by atoms with van der Waals surface area (Å²) in [7, 11) is 0. The number of hydrogen-bond acceptors (Lipinski definition) is 5. The molecule has 4 N–H and O–H groups in total. The van der Waals surface area contributed by atoms with Crippen molar-refractivity contribution in [3.63, 3.8) is 0 Å². The molecule has 0 atom stereocenters. The second-order valence-electron chi connectivity index (χ2n) is 6.02. The van der Waals surface area contributed by atoms with Gasteiger partial charge in [0.2, 0.25) is 0 Å². The van der Waals surface area contributed by atoms with Crippen molar-refractivity contribution in [2.45, 2.75) is 0 Å². The van der Waals surface area contributed by atoms with Crippen LogP contribution in [-0.2, 0) is 0 Å². The number of aromatic nitrogens is 2. The number of nitroso groups, excluding NO2 is 1. The molecule has 0 bridgehead atoms. The molecule has 4 rings (SSSR count). The van der Waals surface area contributed by atoms with E-state index in [0.29, 0.717) is 45.5 Å². The minimum absolute atomic E-state index is 0.0532. The Bertz CT molecular complexity index is 1290. The number of carbonyl (C=O) groups excluding carboxylic acids is 1. The number of fused-ring (bicyclic) bond motifs is 4. The molecule has 2 heterocycles. The van der Waals surface area contributed by atoms with Crippen molar-refractivity contribution in [2.75, 3.05) is 13.1 Å². The van der Waals surface area contributed by atoms with E-state index in [-0.39, 0.29) is 22.8 Å². The monoisotopic (exact) mass is 383 g/mol. The maximum absolute atomic E-state index is 13.0. The van der Waals surface area contributed by atoms with Gasteiger partial charge in [0.05, 0.1) is 16.4 Å². The molecule has 0 fully saturated rings. The summed E-state index contributed by atoms with van der Waals surface area (Å²) in [6.45, 7) is 0.646. The van der Waals surface area contributed by atoms with Crippen molar-refractivity contribution in [1.29, 1.82) is 0 Å². The van der Waals surface area contributed by atoms with Gasteiger partial charge in [0.1, 0.15) is 5.65 Å². The zero-order valence-corrected chi connectivity index (χ0v) is 14.7. The minimum atomic E-state index is -0.322. The van der Waals surface area contributed by atoms with E-state index in [9.17, 15) is 14.5 Å². The Morgan fingerprint density at radius 1 is 1.22 bits per heavy atom. The highest BCUT2D eigenvalue weighted by Gasteiger charge is 2.19. The number of rotatable bonds is 4. The lowest BCUT2D eigenvalue weighted by Gasteiger charge is -2.04. The second kappa shape index (κ2) is 6.49. The van der Waals surface area contributed by atoms with Gasteiger partial charge in [-0.05, 0) is 41.6 Å². The van der Waals surface area contributed by atoms with E-state index >= 15 is 0 Å². The third-order valence-electron chi connectivity index (χ3n) is 4.39. The maximum Gasteiger partial charge on any atom is 0.266 e. The van der Waals surface area contributed by atoms with Crippen molar-refractivity contribution >= 4 is 50.6 Å². The van der Waals surface area contributed by atoms with Gasteiger partial charge in [-0.1, -0.05) is 11.6 Å². The van der Waals surface area contributed by atoms with Crippen LogP contribution in [0.25, 0.3) is 27.5 Å². The van der Waals surface area contributed by atoms with Gasteiger partial charge in [0.15, 0.2) is 5.69 Å². The Morgan fingerprint density at radius 2 is 2.04 bits per heavy atom. The highest BCUT2D eigenvalue weighted by atomic mass is 35.5. The smallest absolute Gasteiger partial charge is 0.266 e. The number of halogens is 1. The van der Waals surface area contributed by atoms with Crippen LogP contribution in [0.3, 0.4) is 0 Å². The molecular weight excluding hydrogens is 370 g/mol. The molecule has 2 aromatic carbocycles. The van der Waals surface area contributed by atoms with Gasteiger partial charge in [-0.15, -0.1) is 4.91 Å². The number of carbonyl (C=O) groups is 1. The van der Waals surface area contributed by atoms with Gasteiger partial charge < -0.3 is 16.0 Å². The third kappa shape index (κ3) is 2.66. The third-order valence-corrected chi connectivity index (χ3v) is 4.63. The number of aromatic amines is 1. The van der Waals surface area contributed by atoms with Crippen molar-refractivity contribution < 1.29 is 4.79 Å². The first kappa shape index (κ1) is 17.2. The van der Waals surface area contributed by atoms with E-state index in [1.807, 2.05) is 0 Å². The fourth-order valence-electron chi connectivity index (χ4n) is 3.18. The quantitative estimate of drug-likeness (QED) is 0.469. The Morgan fingerprint density at radius 3 is 2.78 bits per heavy atom. The lowest BCUT2D eigenvalue weighted by Crippen LogP contribution is -2.28. The molecule has 0 saturated carbocycles. The highest BCUT2D eigenvalue weighted by Crippen LogP contribution is 2.33. The van der Waals surface area contributed by atoms with Gasteiger partial charge in [-0.2, -0.15) is 0 Å². The molecule has 0 radical (unpaired) electrons. The number of amides is 1. The normalized spacial score (nSPS) is 11.3. The van der Waals surface area contributed by atoms with Crippen LogP contribution in [0.2, 0.25) is 5.02 Å². The van der Waals surface area contributed by atoms with Crippen LogP contribution in [0.1, 0.15) is 10.4 Å². The molecule has 0 saturated heterocycles. The van der Waals surface area contributed by atoms with E-state index < -0.39 is 0 Å². The van der Waals surface area contributed by atoms with Gasteiger partial charge in [0.25, 0.3) is 11.5 Å². The SMILES string of the molecule is NCCNC(=O)c1ccc2c(c1)c(N=O)c1[nH]c3cc(Cl)ccc3c(=O)n12. The van der Waals surface area contributed by atoms with Crippen LogP contribution in [0, 0.1) is 4.91 Å². The molecule has 1 amide bonds. The van der Waals surface area contributed by atoms with Gasteiger partial charge in [0, 0.05) is 29.1 Å². The van der Waals surface area contributed by atoms with Crippen LogP contribution in [0.15, 0.2) is 46.4 Å². The van der Waals surface area contributed by atoms with Crippen LogP contribution in [-0.4, -0.2) is 28.4 Å². The molecule has 136 valence electrons. The molecular formula is C18H14ClN5O3. The first-order valence-electron chi connectivity index (χ1n) is 8.16. The van der Waals surface area contributed by atoms with Crippen molar-refractivity contribution in [2.24, 2.45) is 10.9 Å². The summed E-state index contributed by atoms with van der Waals surface area (Å²) in [6, 6.07) is 9.58. The number of nitrogens with zero attached hydrogens (tertiary/aromatic N) is 2. The van der Waals surface area contributed by atoms with Gasteiger partial charge in [-0.25, -0.2) is 0 Å². The van der Waals surface area contributed by atoms with E-state index in [2.05, 4.69) is 15.5 Å². The van der Waals surface area contributed by atoms with Crippen molar-refractivity contribution in [1.82, 2.24) is 14.7 Å².